The van der Waals surface area contributed by atoms with Gasteiger partial charge in [-0.15, -0.1) is 0 Å². The molecular formula is C16H13N3O2S. The van der Waals surface area contributed by atoms with Gasteiger partial charge < -0.3 is 15.2 Å². The maximum Gasteiger partial charge on any atom is 0.198 e. The largest absolute Gasteiger partial charge is 0.504 e. The molecule has 3 aromatic rings. The van der Waals surface area contributed by atoms with Gasteiger partial charge in [-0.3, -0.25) is 0 Å². The molecule has 0 spiro atoms. The zero-order chi connectivity index (χ0) is 15.5. The monoisotopic (exact) mass is 311 g/mol. The average Bonchev–Trinajstić information content (AvgIpc) is 2.91. The van der Waals surface area contributed by atoms with Crippen molar-refractivity contribution in [2.45, 2.75) is 0 Å². The number of para-hydroxylation sites is 1. The van der Waals surface area contributed by atoms with E-state index in [0.717, 1.165) is 11.3 Å². The second kappa shape index (κ2) is 5.87. The second-order valence-corrected chi connectivity index (χ2v) is 5.03. The molecule has 2 aromatic carbocycles. The quantitative estimate of drug-likeness (QED) is 0.394. The molecule has 22 heavy (non-hydrogen) atoms. The van der Waals surface area contributed by atoms with Crippen LogP contribution in [-0.4, -0.2) is 26.1 Å². The number of imidazole rings is 1. The van der Waals surface area contributed by atoms with Crippen LogP contribution in [0, 0.1) is 4.77 Å². The van der Waals surface area contributed by atoms with Gasteiger partial charge >= 0.3 is 0 Å². The Balaban J connectivity index is 1.94. The molecule has 0 amide bonds. The van der Waals surface area contributed by atoms with E-state index in [1.807, 2.05) is 30.3 Å². The predicted octanol–water partition coefficient (Wildman–Crippen LogP) is 3.51. The lowest BCUT2D eigenvalue weighted by Crippen LogP contribution is -1.89. The van der Waals surface area contributed by atoms with Crippen LogP contribution in [0.15, 0.2) is 59.8 Å². The highest BCUT2D eigenvalue weighted by atomic mass is 32.1. The van der Waals surface area contributed by atoms with Crippen LogP contribution < -0.4 is 0 Å². The summed E-state index contributed by atoms with van der Waals surface area (Å²) in [7, 11) is 0. The summed E-state index contributed by atoms with van der Waals surface area (Å²) >= 11 is 5.23. The fraction of sp³-hybridized carbons (Fsp3) is 0. The highest BCUT2D eigenvalue weighted by molar-refractivity contribution is 7.71. The predicted molar refractivity (Wildman–Crippen MR) is 87.8 cm³/mol. The first kappa shape index (κ1) is 14.1. The molecule has 0 aliphatic heterocycles. The van der Waals surface area contributed by atoms with Gasteiger partial charge in [0.2, 0.25) is 0 Å². The third-order valence-corrected chi connectivity index (χ3v) is 3.44. The Morgan fingerprint density at radius 2 is 1.82 bits per heavy atom. The van der Waals surface area contributed by atoms with Crippen molar-refractivity contribution in [2.75, 3.05) is 0 Å². The highest BCUT2D eigenvalue weighted by Gasteiger charge is 2.04. The number of benzene rings is 2. The number of phenols is 2. The van der Waals surface area contributed by atoms with E-state index < -0.39 is 0 Å². The summed E-state index contributed by atoms with van der Waals surface area (Å²) in [6, 6.07) is 14.4. The molecule has 0 radical (unpaired) electrons. The molecule has 1 aromatic heterocycles. The van der Waals surface area contributed by atoms with Gasteiger partial charge in [0.1, 0.15) is 0 Å². The Morgan fingerprint density at radius 3 is 2.59 bits per heavy atom. The van der Waals surface area contributed by atoms with Gasteiger partial charge in [-0.1, -0.05) is 36.4 Å². The van der Waals surface area contributed by atoms with Gasteiger partial charge in [0.25, 0.3) is 0 Å². The number of aromatic nitrogens is 2. The molecule has 0 saturated carbocycles. The van der Waals surface area contributed by atoms with Crippen LogP contribution in [0.5, 0.6) is 11.5 Å². The van der Waals surface area contributed by atoms with Crippen LogP contribution in [0.4, 0.5) is 0 Å². The molecule has 6 heteroatoms. The summed E-state index contributed by atoms with van der Waals surface area (Å²) < 4.78 is 1.94. The maximum atomic E-state index is 9.74. The van der Waals surface area contributed by atoms with E-state index >= 15 is 0 Å². The van der Waals surface area contributed by atoms with Crippen molar-refractivity contribution in [3.8, 4) is 22.8 Å². The minimum atomic E-state index is -0.211. The Bertz CT molecular complexity index is 882. The van der Waals surface area contributed by atoms with Crippen molar-refractivity contribution in [3.05, 3.63) is 65.1 Å². The Morgan fingerprint density at radius 1 is 1.05 bits per heavy atom. The van der Waals surface area contributed by atoms with Gasteiger partial charge in [-0.2, -0.15) is 5.10 Å². The molecular weight excluding hydrogens is 298 g/mol. The van der Waals surface area contributed by atoms with Crippen molar-refractivity contribution < 1.29 is 10.2 Å². The van der Waals surface area contributed by atoms with Crippen molar-refractivity contribution in [1.29, 1.82) is 0 Å². The average molecular weight is 311 g/mol. The van der Waals surface area contributed by atoms with Crippen molar-refractivity contribution >= 4 is 18.4 Å². The number of rotatable bonds is 3. The standard InChI is InChI=1S/C16H13N3O2S/c20-14-8-4-7-12(15(14)21)9-17-19-10-13(18-16(19)22)11-5-2-1-3-6-11/h1-10,20-21H,(H,18,22)/b17-9+. The Labute approximate surface area is 131 Å². The first-order valence-corrected chi connectivity index (χ1v) is 6.98. The number of nitrogens with zero attached hydrogens (tertiary/aromatic N) is 2. The molecule has 0 fully saturated rings. The number of aromatic amines is 1. The molecule has 0 atom stereocenters. The Kier molecular flexibility index (Phi) is 3.76. The van der Waals surface area contributed by atoms with Crippen molar-refractivity contribution in [3.63, 3.8) is 0 Å². The summed E-state index contributed by atoms with van der Waals surface area (Å²) in [5.41, 5.74) is 2.26. The van der Waals surface area contributed by atoms with Crippen molar-refractivity contribution in [2.24, 2.45) is 5.10 Å². The molecule has 5 nitrogen and oxygen atoms in total. The molecule has 0 saturated heterocycles. The van der Waals surface area contributed by atoms with E-state index in [1.165, 1.54) is 17.0 Å². The molecule has 0 aliphatic rings. The fourth-order valence-electron chi connectivity index (χ4n) is 2.01. The molecule has 0 aliphatic carbocycles. The third-order valence-electron chi connectivity index (χ3n) is 3.15. The Hall–Kier alpha value is -2.86. The van der Waals surface area contributed by atoms with Gasteiger partial charge in [-0.25, -0.2) is 4.68 Å². The first-order valence-electron chi connectivity index (χ1n) is 6.57. The zero-order valence-electron chi connectivity index (χ0n) is 11.5. The molecule has 0 unspecified atom stereocenters. The van der Waals surface area contributed by atoms with Crippen LogP contribution in [0.25, 0.3) is 11.3 Å². The molecule has 0 bridgehead atoms. The van der Waals surface area contributed by atoms with E-state index in [0.29, 0.717) is 10.3 Å². The van der Waals surface area contributed by atoms with Gasteiger partial charge in [0, 0.05) is 5.56 Å². The van der Waals surface area contributed by atoms with Crippen molar-refractivity contribution in [1.82, 2.24) is 9.66 Å². The molecule has 110 valence electrons. The topological polar surface area (TPSA) is 73.5 Å². The SMILES string of the molecule is Oc1cccc(/C=N/n2cc(-c3ccccc3)[nH]c2=S)c1O. The first-order chi connectivity index (χ1) is 10.6. The minimum Gasteiger partial charge on any atom is -0.504 e. The molecule has 3 rings (SSSR count). The smallest absolute Gasteiger partial charge is 0.198 e. The third kappa shape index (κ3) is 2.77. The number of hydrogen-bond acceptors (Lipinski definition) is 4. The number of H-pyrrole nitrogens is 1. The van der Waals surface area contributed by atoms with E-state index in [1.54, 1.807) is 18.3 Å². The normalized spacial score (nSPS) is 11.1. The highest BCUT2D eigenvalue weighted by Crippen LogP contribution is 2.26. The van der Waals surface area contributed by atoms with Crippen LogP contribution >= 0.6 is 12.2 Å². The van der Waals surface area contributed by atoms with E-state index in [4.69, 9.17) is 12.2 Å². The lowest BCUT2D eigenvalue weighted by atomic mass is 10.2. The number of aromatic hydroxyl groups is 2. The number of nitrogens with one attached hydrogen (secondary N) is 1. The number of phenolic OH excluding ortho intramolecular Hbond substituents is 2. The zero-order valence-corrected chi connectivity index (χ0v) is 12.3. The summed E-state index contributed by atoms with van der Waals surface area (Å²) in [5.74, 6) is -0.400. The lowest BCUT2D eigenvalue weighted by Gasteiger charge is -2.00. The van der Waals surface area contributed by atoms with Gasteiger partial charge in [0.15, 0.2) is 16.3 Å². The van der Waals surface area contributed by atoms with Crippen LogP contribution in [0.2, 0.25) is 0 Å². The lowest BCUT2D eigenvalue weighted by molar-refractivity contribution is 0.403. The van der Waals surface area contributed by atoms with Crippen LogP contribution in [0.3, 0.4) is 0 Å². The van der Waals surface area contributed by atoms with E-state index in [2.05, 4.69) is 10.1 Å². The van der Waals surface area contributed by atoms with E-state index in [9.17, 15) is 10.2 Å². The minimum absolute atomic E-state index is 0.188. The van der Waals surface area contributed by atoms with Crippen LogP contribution in [-0.2, 0) is 0 Å². The summed E-state index contributed by atoms with van der Waals surface area (Å²) in [5, 5.41) is 23.4. The fourth-order valence-corrected chi connectivity index (χ4v) is 2.22. The van der Waals surface area contributed by atoms with E-state index in [-0.39, 0.29) is 11.5 Å². The number of hydrogen-bond donors (Lipinski definition) is 3. The summed E-state index contributed by atoms with van der Waals surface area (Å²) in [6.45, 7) is 0. The molecule has 1 heterocycles. The molecule has 3 N–H and O–H groups in total. The van der Waals surface area contributed by atoms with Crippen LogP contribution in [0.1, 0.15) is 5.56 Å². The van der Waals surface area contributed by atoms with Gasteiger partial charge in [0.05, 0.1) is 18.1 Å². The second-order valence-electron chi connectivity index (χ2n) is 4.64. The van der Waals surface area contributed by atoms with Gasteiger partial charge in [-0.05, 0) is 29.9 Å². The maximum absolute atomic E-state index is 9.74. The summed E-state index contributed by atoms with van der Waals surface area (Å²) in [4.78, 5) is 3.08. The summed E-state index contributed by atoms with van der Waals surface area (Å²) in [6.07, 6.45) is 3.21.